The highest BCUT2D eigenvalue weighted by molar-refractivity contribution is 5.66. The number of methoxy groups -OCH3 is 1. The third-order valence-corrected chi connectivity index (χ3v) is 3.60. The Balaban J connectivity index is 2.34. The van der Waals surface area contributed by atoms with Gasteiger partial charge in [-0.25, -0.2) is 0 Å². The number of anilines is 2. The molecule has 0 aromatic heterocycles. The van der Waals surface area contributed by atoms with Gasteiger partial charge in [0.25, 0.3) is 0 Å². The fourth-order valence-corrected chi connectivity index (χ4v) is 2.27. The van der Waals surface area contributed by atoms with Gasteiger partial charge >= 0.3 is 0 Å². The maximum atomic E-state index is 6.21. The molecule has 0 unspecified atom stereocenters. The van der Waals surface area contributed by atoms with Crippen molar-refractivity contribution >= 4 is 11.4 Å². The van der Waals surface area contributed by atoms with E-state index in [9.17, 15) is 0 Å². The van der Waals surface area contributed by atoms with Crippen LogP contribution >= 0.6 is 0 Å². The van der Waals surface area contributed by atoms with Crippen molar-refractivity contribution in [2.24, 2.45) is 5.73 Å². The SMILES string of the molecule is CC[C@@H](N)c1ccccc1N(C)c1ccc(OC)cc1. The third-order valence-electron chi connectivity index (χ3n) is 3.60. The number of ether oxygens (including phenoxy) is 1. The second-order valence-corrected chi connectivity index (χ2v) is 4.83. The van der Waals surface area contributed by atoms with E-state index in [1.165, 1.54) is 5.56 Å². The van der Waals surface area contributed by atoms with E-state index in [2.05, 4.69) is 31.0 Å². The smallest absolute Gasteiger partial charge is 0.119 e. The number of benzene rings is 2. The summed E-state index contributed by atoms with van der Waals surface area (Å²) in [6.07, 6.45) is 0.924. The first-order valence-corrected chi connectivity index (χ1v) is 6.89. The van der Waals surface area contributed by atoms with Crippen molar-refractivity contribution in [1.82, 2.24) is 0 Å². The van der Waals surface area contributed by atoms with Gasteiger partial charge in [-0.05, 0) is 42.3 Å². The predicted molar refractivity (Wildman–Crippen MR) is 84.7 cm³/mol. The summed E-state index contributed by atoms with van der Waals surface area (Å²) in [6, 6.07) is 16.4. The van der Waals surface area contributed by atoms with E-state index < -0.39 is 0 Å². The third kappa shape index (κ3) is 2.94. The zero-order valence-corrected chi connectivity index (χ0v) is 12.3. The molecule has 2 rings (SSSR count). The Morgan fingerprint density at radius 2 is 1.75 bits per heavy atom. The number of hydrogen-bond donors (Lipinski definition) is 1. The molecular formula is C17H22N2O. The van der Waals surface area contributed by atoms with Gasteiger partial charge in [-0.3, -0.25) is 0 Å². The molecule has 0 radical (unpaired) electrons. The van der Waals surface area contributed by atoms with Gasteiger partial charge in [0.15, 0.2) is 0 Å². The summed E-state index contributed by atoms with van der Waals surface area (Å²) in [6.45, 7) is 2.11. The van der Waals surface area contributed by atoms with Crippen LogP contribution in [0, 0.1) is 0 Å². The lowest BCUT2D eigenvalue weighted by Crippen LogP contribution is -2.16. The summed E-state index contributed by atoms with van der Waals surface area (Å²) in [7, 11) is 3.73. The molecule has 0 aliphatic carbocycles. The van der Waals surface area contributed by atoms with Crippen LogP contribution in [0.2, 0.25) is 0 Å². The summed E-state index contributed by atoms with van der Waals surface area (Å²) in [5, 5.41) is 0. The summed E-state index contributed by atoms with van der Waals surface area (Å²) in [5.41, 5.74) is 9.64. The maximum Gasteiger partial charge on any atom is 0.119 e. The van der Waals surface area contributed by atoms with Crippen molar-refractivity contribution in [2.75, 3.05) is 19.1 Å². The minimum atomic E-state index is 0.0619. The van der Waals surface area contributed by atoms with E-state index in [1.807, 2.05) is 36.4 Å². The lowest BCUT2D eigenvalue weighted by Gasteiger charge is -2.25. The standard InChI is InChI=1S/C17H22N2O/c1-4-16(18)15-7-5-6-8-17(15)19(2)13-9-11-14(20-3)12-10-13/h5-12,16H,4,18H2,1-3H3/t16-/m1/s1. The number of para-hydroxylation sites is 1. The van der Waals surface area contributed by atoms with Crippen LogP contribution in [0.5, 0.6) is 5.75 Å². The Morgan fingerprint density at radius 3 is 2.35 bits per heavy atom. The van der Waals surface area contributed by atoms with Gasteiger partial charge in [0.05, 0.1) is 7.11 Å². The summed E-state index contributed by atoms with van der Waals surface area (Å²) in [4.78, 5) is 2.16. The molecule has 0 aliphatic heterocycles. The quantitative estimate of drug-likeness (QED) is 0.896. The van der Waals surface area contributed by atoms with Crippen molar-refractivity contribution < 1.29 is 4.74 Å². The molecule has 0 saturated heterocycles. The average Bonchev–Trinajstić information content (AvgIpc) is 2.53. The van der Waals surface area contributed by atoms with Gasteiger partial charge in [-0.2, -0.15) is 0 Å². The molecule has 106 valence electrons. The highest BCUT2D eigenvalue weighted by atomic mass is 16.5. The minimum absolute atomic E-state index is 0.0619. The van der Waals surface area contributed by atoms with Gasteiger partial charge in [0, 0.05) is 24.5 Å². The van der Waals surface area contributed by atoms with Crippen molar-refractivity contribution in [1.29, 1.82) is 0 Å². The van der Waals surface area contributed by atoms with Crippen molar-refractivity contribution in [3.05, 3.63) is 54.1 Å². The summed E-state index contributed by atoms with van der Waals surface area (Å²) >= 11 is 0. The van der Waals surface area contributed by atoms with Crippen LogP contribution in [-0.4, -0.2) is 14.2 Å². The Bertz CT molecular complexity index is 551. The van der Waals surface area contributed by atoms with Crippen LogP contribution in [0.3, 0.4) is 0 Å². The van der Waals surface area contributed by atoms with E-state index >= 15 is 0 Å². The van der Waals surface area contributed by atoms with Crippen LogP contribution in [0.25, 0.3) is 0 Å². The van der Waals surface area contributed by atoms with E-state index in [0.29, 0.717) is 0 Å². The molecule has 0 bridgehead atoms. The lowest BCUT2D eigenvalue weighted by molar-refractivity contribution is 0.415. The molecule has 0 saturated carbocycles. The Kier molecular flexibility index (Phi) is 4.64. The molecule has 0 aliphatic rings. The largest absolute Gasteiger partial charge is 0.497 e. The second kappa shape index (κ2) is 6.44. The summed E-state index contributed by atoms with van der Waals surface area (Å²) in [5.74, 6) is 0.862. The van der Waals surface area contributed by atoms with Crippen LogP contribution < -0.4 is 15.4 Å². The Hall–Kier alpha value is -2.00. The van der Waals surface area contributed by atoms with Crippen LogP contribution in [-0.2, 0) is 0 Å². The van der Waals surface area contributed by atoms with Crippen molar-refractivity contribution in [3.8, 4) is 5.75 Å². The highest BCUT2D eigenvalue weighted by Crippen LogP contribution is 2.31. The van der Waals surface area contributed by atoms with E-state index in [1.54, 1.807) is 7.11 Å². The van der Waals surface area contributed by atoms with Gasteiger partial charge in [0.2, 0.25) is 0 Å². The number of nitrogens with zero attached hydrogens (tertiary/aromatic N) is 1. The zero-order valence-electron chi connectivity index (χ0n) is 12.3. The Labute approximate surface area is 121 Å². The van der Waals surface area contributed by atoms with Crippen LogP contribution in [0.15, 0.2) is 48.5 Å². The monoisotopic (exact) mass is 270 g/mol. The van der Waals surface area contributed by atoms with Crippen molar-refractivity contribution in [2.45, 2.75) is 19.4 Å². The van der Waals surface area contributed by atoms with Crippen molar-refractivity contribution in [3.63, 3.8) is 0 Å². The first-order chi connectivity index (χ1) is 9.67. The molecule has 2 N–H and O–H groups in total. The molecule has 0 heterocycles. The molecule has 3 heteroatoms. The minimum Gasteiger partial charge on any atom is -0.497 e. The van der Waals surface area contributed by atoms with E-state index in [-0.39, 0.29) is 6.04 Å². The number of rotatable bonds is 5. The molecule has 0 amide bonds. The van der Waals surface area contributed by atoms with E-state index in [0.717, 1.165) is 23.5 Å². The molecule has 20 heavy (non-hydrogen) atoms. The Morgan fingerprint density at radius 1 is 1.10 bits per heavy atom. The van der Waals surface area contributed by atoms with E-state index in [4.69, 9.17) is 10.5 Å². The first-order valence-electron chi connectivity index (χ1n) is 6.89. The molecule has 3 nitrogen and oxygen atoms in total. The molecule has 0 spiro atoms. The van der Waals surface area contributed by atoms with Gasteiger partial charge in [0.1, 0.15) is 5.75 Å². The second-order valence-electron chi connectivity index (χ2n) is 4.83. The lowest BCUT2D eigenvalue weighted by atomic mass is 10.0. The molecule has 0 fully saturated rings. The van der Waals surface area contributed by atoms with Crippen LogP contribution in [0.1, 0.15) is 24.9 Å². The number of nitrogens with two attached hydrogens (primary N) is 1. The molecule has 2 aromatic rings. The maximum absolute atomic E-state index is 6.21. The zero-order chi connectivity index (χ0) is 14.5. The topological polar surface area (TPSA) is 38.5 Å². The molecule has 2 aromatic carbocycles. The first kappa shape index (κ1) is 14.4. The number of hydrogen-bond acceptors (Lipinski definition) is 3. The van der Waals surface area contributed by atoms with Gasteiger partial charge in [-0.1, -0.05) is 25.1 Å². The fourth-order valence-electron chi connectivity index (χ4n) is 2.27. The normalized spacial score (nSPS) is 12.0. The average molecular weight is 270 g/mol. The summed E-state index contributed by atoms with van der Waals surface area (Å²) < 4.78 is 5.20. The molecule has 1 atom stereocenters. The fraction of sp³-hybridized carbons (Fsp3) is 0.294. The highest BCUT2D eigenvalue weighted by Gasteiger charge is 2.13. The molecular weight excluding hydrogens is 248 g/mol. The predicted octanol–water partition coefficient (Wildman–Crippen LogP) is 3.87. The van der Waals surface area contributed by atoms with Gasteiger partial charge < -0.3 is 15.4 Å². The van der Waals surface area contributed by atoms with Crippen LogP contribution in [0.4, 0.5) is 11.4 Å². The van der Waals surface area contributed by atoms with Gasteiger partial charge in [-0.15, -0.1) is 0 Å².